The van der Waals surface area contributed by atoms with Gasteiger partial charge >= 0.3 is 0 Å². The lowest BCUT2D eigenvalue weighted by atomic mass is 10.2. The first-order chi connectivity index (χ1) is 11.7. The monoisotopic (exact) mass is 470 g/mol. The number of rotatable bonds is 5. The molecule has 0 saturated carbocycles. The van der Waals surface area contributed by atoms with Crippen LogP contribution in [-0.4, -0.2) is 29.9 Å². The molecule has 5 nitrogen and oxygen atoms in total. The summed E-state index contributed by atoms with van der Waals surface area (Å²) in [4.78, 5) is 11.0. The zero-order valence-corrected chi connectivity index (χ0v) is 17.8. The maximum absolute atomic E-state index is 5.88. The molecule has 1 aromatic carbocycles. The first-order valence-corrected chi connectivity index (χ1v) is 8.90. The molecule has 0 aliphatic heterocycles. The van der Waals surface area contributed by atoms with Crippen molar-refractivity contribution in [2.24, 2.45) is 4.99 Å². The Morgan fingerprint density at radius 3 is 2.84 bits per heavy atom. The summed E-state index contributed by atoms with van der Waals surface area (Å²) in [6.45, 7) is 3.45. The number of aliphatic imine (C=N–C) groups is 1. The van der Waals surface area contributed by atoms with Crippen molar-refractivity contribution in [1.29, 1.82) is 0 Å². The SMILES string of the molecule is CCc1nc(CNC(=NC)N(C)Cc2cc3ccccc3o2)cs1.I. The van der Waals surface area contributed by atoms with Gasteiger partial charge in [0.05, 0.1) is 23.8 Å². The van der Waals surface area contributed by atoms with Crippen molar-refractivity contribution in [3.05, 3.63) is 52.2 Å². The number of thiazole rings is 1. The van der Waals surface area contributed by atoms with Crippen molar-refractivity contribution in [2.75, 3.05) is 14.1 Å². The molecule has 0 bridgehead atoms. The third-order valence-corrected chi connectivity index (χ3v) is 4.81. The van der Waals surface area contributed by atoms with Gasteiger partial charge in [0.2, 0.25) is 0 Å². The first kappa shape index (κ1) is 19.7. The summed E-state index contributed by atoms with van der Waals surface area (Å²) >= 11 is 1.70. The number of fused-ring (bicyclic) bond motifs is 1. The Balaban J connectivity index is 0.00000225. The lowest BCUT2D eigenvalue weighted by Gasteiger charge is -2.20. The Bertz CT molecular complexity index is 809. The highest BCUT2D eigenvalue weighted by molar-refractivity contribution is 14.0. The Morgan fingerprint density at radius 2 is 2.16 bits per heavy atom. The van der Waals surface area contributed by atoms with Gasteiger partial charge in [-0.1, -0.05) is 25.1 Å². The van der Waals surface area contributed by atoms with Gasteiger partial charge in [0.15, 0.2) is 5.96 Å². The van der Waals surface area contributed by atoms with E-state index in [-0.39, 0.29) is 24.0 Å². The number of hydrogen-bond acceptors (Lipinski definition) is 4. The number of hydrogen-bond donors (Lipinski definition) is 1. The van der Waals surface area contributed by atoms with Crippen LogP contribution in [0.5, 0.6) is 0 Å². The molecule has 0 spiro atoms. The van der Waals surface area contributed by atoms with E-state index in [1.54, 1.807) is 18.4 Å². The van der Waals surface area contributed by atoms with Crippen LogP contribution < -0.4 is 5.32 Å². The van der Waals surface area contributed by atoms with E-state index in [1.165, 1.54) is 0 Å². The van der Waals surface area contributed by atoms with E-state index in [0.717, 1.165) is 39.8 Å². The van der Waals surface area contributed by atoms with E-state index in [2.05, 4.69) is 39.7 Å². The van der Waals surface area contributed by atoms with Gasteiger partial charge in [-0.25, -0.2) is 4.98 Å². The van der Waals surface area contributed by atoms with Gasteiger partial charge in [0, 0.05) is 24.9 Å². The highest BCUT2D eigenvalue weighted by atomic mass is 127. The van der Waals surface area contributed by atoms with E-state index < -0.39 is 0 Å². The van der Waals surface area contributed by atoms with Crippen LogP contribution in [0.25, 0.3) is 11.0 Å². The summed E-state index contributed by atoms with van der Waals surface area (Å²) in [6.07, 6.45) is 0.978. The summed E-state index contributed by atoms with van der Waals surface area (Å²) in [7, 11) is 3.79. The maximum atomic E-state index is 5.88. The van der Waals surface area contributed by atoms with Gasteiger partial charge in [0.1, 0.15) is 11.3 Å². The van der Waals surface area contributed by atoms with Crippen LogP contribution >= 0.6 is 35.3 Å². The number of aromatic nitrogens is 1. The van der Waals surface area contributed by atoms with E-state index in [1.807, 2.05) is 30.1 Å². The maximum Gasteiger partial charge on any atom is 0.194 e. The van der Waals surface area contributed by atoms with Crippen LogP contribution in [0.2, 0.25) is 0 Å². The molecule has 0 saturated heterocycles. The molecule has 0 radical (unpaired) electrons. The standard InChI is InChI=1S/C18H22N4OS.HI/c1-4-17-21-14(12-24-17)10-20-18(19-2)22(3)11-15-9-13-7-5-6-8-16(13)23-15;/h5-9,12H,4,10-11H2,1-3H3,(H,19,20);1H. The summed E-state index contributed by atoms with van der Waals surface area (Å²) in [5.41, 5.74) is 1.97. The quantitative estimate of drug-likeness (QED) is 0.344. The minimum absolute atomic E-state index is 0. The molecule has 7 heteroatoms. The van der Waals surface area contributed by atoms with Gasteiger partial charge in [-0.05, 0) is 18.6 Å². The average Bonchev–Trinajstić information content (AvgIpc) is 3.21. The second-order valence-electron chi connectivity index (χ2n) is 5.59. The molecule has 2 heterocycles. The smallest absolute Gasteiger partial charge is 0.194 e. The minimum Gasteiger partial charge on any atom is -0.459 e. The Labute approximate surface area is 169 Å². The average molecular weight is 470 g/mol. The number of nitrogens with one attached hydrogen (secondary N) is 1. The lowest BCUT2D eigenvalue weighted by Crippen LogP contribution is -2.38. The predicted octanol–water partition coefficient (Wildman–Crippen LogP) is 4.28. The van der Waals surface area contributed by atoms with E-state index in [9.17, 15) is 0 Å². The molecule has 0 aliphatic carbocycles. The molecule has 0 atom stereocenters. The van der Waals surface area contributed by atoms with Crippen molar-refractivity contribution in [3.63, 3.8) is 0 Å². The van der Waals surface area contributed by atoms with E-state index in [4.69, 9.17) is 4.42 Å². The number of nitrogens with zero attached hydrogens (tertiary/aromatic N) is 3. The van der Waals surface area contributed by atoms with Crippen LogP contribution in [-0.2, 0) is 19.5 Å². The highest BCUT2D eigenvalue weighted by Crippen LogP contribution is 2.19. The summed E-state index contributed by atoms with van der Waals surface area (Å²) in [6, 6.07) is 10.1. The molecule has 2 aromatic heterocycles. The largest absolute Gasteiger partial charge is 0.459 e. The number of aryl methyl sites for hydroxylation is 1. The van der Waals surface area contributed by atoms with E-state index in [0.29, 0.717) is 13.1 Å². The predicted molar refractivity (Wildman–Crippen MR) is 115 cm³/mol. The molecular weight excluding hydrogens is 447 g/mol. The highest BCUT2D eigenvalue weighted by Gasteiger charge is 2.11. The molecule has 3 aromatic rings. The van der Waals surface area contributed by atoms with Gasteiger partial charge < -0.3 is 14.6 Å². The zero-order valence-electron chi connectivity index (χ0n) is 14.7. The molecule has 134 valence electrons. The minimum atomic E-state index is 0. The molecule has 0 aliphatic rings. The number of para-hydroxylation sites is 1. The van der Waals surface area contributed by atoms with Crippen LogP contribution in [0, 0.1) is 0 Å². The Kier molecular flexibility index (Phi) is 7.24. The second-order valence-corrected chi connectivity index (χ2v) is 6.54. The van der Waals surface area contributed by atoms with Gasteiger partial charge in [0.25, 0.3) is 0 Å². The van der Waals surface area contributed by atoms with Crippen molar-refractivity contribution >= 4 is 52.2 Å². The molecule has 0 fully saturated rings. The number of guanidine groups is 1. The van der Waals surface area contributed by atoms with Crippen LogP contribution in [0.4, 0.5) is 0 Å². The van der Waals surface area contributed by atoms with Crippen LogP contribution in [0.15, 0.2) is 45.1 Å². The normalized spacial score (nSPS) is 11.4. The fourth-order valence-electron chi connectivity index (χ4n) is 2.57. The third-order valence-electron chi connectivity index (χ3n) is 3.77. The van der Waals surface area contributed by atoms with Crippen LogP contribution in [0.3, 0.4) is 0 Å². The molecule has 3 rings (SSSR count). The Hall–Kier alpha value is -1.61. The number of furan rings is 1. The topological polar surface area (TPSA) is 53.7 Å². The second kappa shape index (κ2) is 9.19. The van der Waals surface area contributed by atoms with Gasteiger partial charge in [-0.15, -0.1) is 35.3 Å². The van der Waals surface area contributed by atoms with Crippen molar-refractivity contribution < 1.29 is 4.42 Å². The third kappa shape index (κ3) is 4.94. The van der Waals surface area contributed by atoms with Gasteiger partial charge in [-0.3, -0.25) is 4.99 Å². The fourth-order valence-corrected chi connectivity index (χ4v) is 3.31. The molecule has 0 amide bonds. The summed E-state index contributed by atoms with van der Waals surface area (Å²) < 4.78 is 5.88. The first-order valence-electron chi connectivity index (χ1n) is 8.02. The summed E-state index contributed by atoms with van der Waals surface area (Å²) in [5, 5.41) is 7.74. The fraction of sp³-hybridized carbons (Fsp3) is 0.333. The number of benzene rings is 1. The van der Waals surface area contributed by atoms with Crippen molar-refractivity contribution in [3.8, 4) is 0 Å². The molecule has 0 unspecified atom stereocenters. The zero-order chi connectivity index (χ0) is 16.9. The summed E-state index contributed by atoms with van der Waals surface area (Å²) in [5.74, 6) is 1.74. The van der Waals surface area contributed by atoms with E-state index >= 15 is 0 Å². The Morgan fingerprint density at radius 1 is 1.36 bits per heavy atom. The molecular formula is C18H23IN4OS. The van der Waals surface area contributed by atoms with Crippen molar-refractivity contribution in [2.45, 2.75) is 26.4 Å². The number of halogens is 1. The molecule has 25 heavy (non-hydrogen) atoms. The van der Waals surface area contributed by atoms with Crippen molar-refractivity contribution in [1.82, 2.24) is 15.2 Å². The van der Waals surface area contributed by atoms with Crippen LogP contribution in [0.1, 0.15) is 23.4 Å². The van der Waals surface area contributed by atoms with Gasteiger partial charge in [-0.2, -0.15) is 0 Å². The molecule has 1 N–H and O–H groups in total. The lowest BCUT2D eigenvalue weighted by molar-refractivity contribution is 0.412.